The van der Waals surface area contributed by atoms with E-state index in [-0.39, 0.29) is 0 Å². The molecule has 0 amide bonds. The molecule has 0 atom stereocenters. The van der Waals surface area contributed by atoms with Crippen molar-refractivity contribution in [2.45, 2.75) is 0 Å². The highest BCUT2D eigenvalue weighted by Crippen LogP contribution is 2.44. The Labute approximate surface area is 245 Å². The van der Waals surface area contributed by atoms with Crippen LogP contribution in [0.25, 0.3) is 82.4 Å². The monoisotopic (exact) mass is 549 g/mol. The molecule has 0 N–H and O–H groups in total. The van der Waals surface area contributed by atoms with Gasteiger partial charge in [0.25, 0.3) is 0 Å². The lowest BCUT2D eigenvalue weighted by molar-refractivity contribution is 1.17. The van der Waals surface area contributed by atoms with Gasteiger partial charge in [-0.05, 0) is 66.7 Å². The Morgan fingerprint density at radius 1 is 0.419 bits per heavy atom. The number of hydrogen-bond acceptors (Lipinski definition) is 2. The second-order valence-electron chi connectivity index (χ2n) is 11.1. The quantitative estimate of drug-likeness (QED) is 0.202. The summed E-state index contributed by atoms with van der Waals surface area (Å²) in [5, 5.41) is 7.13. The third kappa shape index (κ3) is 2.95. The number of benzene rings is 5. The van der Waals surface area contributed by atoms with Crippen molar-refractivity contribution in [3.05, 3.63) is 140 Å². The highest BCUT2D eigenvalue weighted by atomic mass is 15.0. The van der Waals surface area contributed by atoms with Gasteiger partial charge in [-0.25, -0.2) is 4.98 Å². The van der Waals surface area contributed by atoms with Crippen LogP contribution in [-0.2, 0) is 0 Å². The Balaban J connectivity index is 1.49. The van der Waals surface area contributed by atoms with Crippen LogP contribution in [0.5, 0.6) is 0 Å². The Kier molecular flexibility index (Phi) is 4.39. The highest BCUT2D eigenvalue weighted by molar-refractivity contribution is 6.30. The van der Waals surface area contributed by atoms with Crippen LogP contribution < -0.4 is 0 Å². The zero-order valence-corrected chi connectivity index (χ0v) is 23.0. The van der Waals surface area contributed by atoms with E-state index in [1.807, 2.05) is 18.5 Å². The summed E-state index contributed by atoms with van der Waals surface area (Å²) in [6, 6.07) is 43.5. The molecule has 0 fully saturated rings. The van der Waals surface area contributed by atoms with Gasteiger partial charge in [0.1, 0.15) is 5.65 Å². The number of rotatable bonds is 2. The van der Waals surface area contributed by atoms with Crippen LogP contribution in [0.3, 0.4) is 0 Å². The van der Waals surface area contributed by atoms with E-state index in [9.17, 15) is 0 Å². The minimum Gasteiger partial charge on any atom is -0.309 e. The molecule has 5 heteroatoms. The van der Waals surface area contributed by atoms with Gasteiger partial charge in [0.05, 0.1) is 33.1 Å². The van der Waals surface area contributed by atoms with Gasteiger partial charge in [0, 0.05) is 62.3 Å². The summed E-state index contributed by atoms with van der Waals surface area (Å²) in [4.78, 5) is 9.60. The van der Waals surface area contributed by atoms with E-state index in [1.165, 1.54) is 38.1 Å². The second-order valence-corrected chi connectivity index (χ2v) is 11.1. The molecule has 0 aliphatic heterocycles. The smallest absolute Gasteiger partial charge is 0.146 e. The van der Waals surface area contributed by atoms with Crippen LogP contribution >= 0.6 is 0 Å². The van der Waals surface area contributed by atoms with E-state index < -0.39 is 0 Å². The van der Waals surface area contributed by atoms with Gasteiger partial charge in [-0.1, -0.05) is 54.6 Å². The van der Waals surface area contributed by atoms with Crippen LogP contribution in [0, 0.1) is 0 Å². The summed E-state index contributed by atoms with van der Waals surface area (Å²) < 4.78 is 7.00. The van der Waals surface area contributed by atoms with Crippen molar-refractivity contribution in [2.24, 2.45) is 0 Å². The molecule has 0 bridgehead atoms. The van der Waals surface area contributed by atoms with Gasteiger partial charge in [-0.2, -0.15) is 0 Å². The number of hydrogen-bond donors (Lipinski definition) is 0. The molecule has 5 heterocycles. The Morgan fingerprint density at radius 2 is 1.07 bits per heavy atom. The third-order valence-corrected chi connectivity index (χ3v) is 8.91. The van der Waals surface area contributed by atoms with Crippen molar-refractivity contribution in [3.8, 4) is 11.4 Å². The standard InChI is InChI=1S/C38H23N5/c1-3-10-24(11-4-1)42-30-16-8-7-14-26(30)35-31(42)17-18-32-36(35)28-22-29-33(23-34(28)43(32)25-12-5-2-6-13-25)41-21-20-40-38(41)27-15-9-19-39-37(27)29/h1-23H. The van der Waals surface area contributed by atoms with Crippen molar-refractivity contribution in [2.75, 3.05) is 0 Å². The first-order valence-electron chi connectivity index (χ1n) is 14.5. The Morgan fingerprint density at radius 3 is 1.84 bits per heavy atom. The molecule has 43 heavy (non-hydrogen) atoms. The maximum atomic E-state index is 4.88. The fourth-order valence-corrected chi connectivity index (χ4v) is 7.20. The SMILES string of the molecule is c1ccc(-n2c3ccccc3c3c4c5cc6c7ncccc7c7nccn7c6cc5n(-c5ccccc5)c4ccc32)cc1. The van der Waals surface area contributed by atoms with Crippen molar-refractivity contribution in [3.63, 3.8) is 0 Å². The zero-order chi connectivity index (χ0) is 28.1. The molecule has 0 spiro atoms. The van der Waals surface area contributed by atoms with Crippen LogP contribution in [0.15, 0.2) is 140 Å². The first-order chi connectivity index (χ1) is 21.4. The molecule has 5 aromatic heterocycles. The number of pyridine rings is 2. The van der Waals surface area contributed by atoms with Gasteiger partial charge >= 0.3 is 0 Å². The first-order valence-corrected chi connectivity index (χ1v) is 14.5. The van der Waals surface area contributed by atoms with Crippen LogP contribution in [0.4, 0.5) is 0 Å². The number of para-hydroxylation sites is 3. The molecule has 0 saturated carbocycles. The average molecular weight is 550 g/mol. The predicted molar refractivity (Wildman–Crippen MR) is 177 cm³/mol. The lowest BCUT2D eigenvalue weighted by atomic mass is 10.0. The van der Waals surface area contributed by atoms with Crippen LogP contribution in [0.2, 0.25) is 0 Å². The van der Waals surface area contributed by atoms with Crippen molar-refractivity contribution in [1.82, 2.24) is 23.5 Å². The summed E-state index contributed by atoms with van der Waals surface area (Å²) in [5.41, 5.74) is 10.0. The molecule has 0 unspecified atom stereocenters. The maximum absolute atomic E-state index is 4.88. The topological polar surface area (TPSA) is 40.1 Å². The molecular weight excluding hydrogens is 526 g/mol. The van der Waals surface area contributed by atoms with Gasteiger partial charge in [-0.15, -0.1) is 0 Å². The molecule has 10 rings (SSSR count). The molecule has 0 saturated heterocycles. The second kappa shape index (κ2) is 8.30. The summed E-state index contributed by atoms with van der Waals surface area (Å²) >= 11 is 0. The number of imidazole rings is 1. The molecule has 0 aliphatic carbocycles. The van der Waals surface area contributed by atoms with E-state index in [1.54, 1.807) is 0 Å². The Hall–Kier alpha value is -5.94. The zero-order valence-electron chi connectivity index (χ0n) is 23.0. The lowest BCUT2D eigenvalue weighted by Crippen LogP contribution is -1.96. The number of fused-ring (bicyclic) bond motifs is 13. The molecule has 200 valence electrons. The maximum Gasteiger partial charge on any atom is 0.146 e. The van der Waals surface area contributed by atoms with Crippen molar-refractivity contribution in [1.29, 1.82) is 0 Å². The highest BCUT2D eigenvalue weighted by Gasteiger charge is 2.22. The molecular formula is C38H23N5. The minimum absolute atomic E-state index is 0.922. The Bertz CT molecular complexity index is 2710. The fraction of sp³-hybridized carbons (Fsp3) is 0. The van der Waals surface area contributed by atoms with E-state index in [0.29, 0.717) is 0 Å². The van der Waals surface area contributed by atoms with Gasteiger partial charge in [-0.3, -0.25) is 9.38 Å². The number of aromatic nitrogens is 5. The summed E-state index contributed by atoms with van der Waals surface area (Å²) in [7, 11) is 0. The van der Waals surface area contributed by atoms with Crippen molar-refractivity contribution < 1.29 is 0 Å². The summed E-state index contributed by atoms with van der Waals surface area (Å²) in [6.45, 7) is 0. The molecule has 0 aliphatic rings. The summed E-state index contributed by atoms with van der Waals surface area (Å²) in [5.74, 6) is 0. The molecule has 10 aromatic rings. The van der Waals surface area contributed by atoms with Gasteiger partial charge < -0.3 is 9.13 Å². The van der Waals surface area contributed by atoms with Crippen LogP contribution in [0.1, 0.15) is 0 Å². The molecule has 5 aromatic carbocycles. The normalized spacial score (nSPS) is 12.2. The summed E-state index contributed by atoms with van der Waals surface area (Å²) in [6.07, 6.45) is 5.81. The predicted octanol–water partition coefficient (Wildman–Crippen LogP) is 9.23. The molecule has 0 radical (unpaired) electrons. The van der Waals surface area contributed by atoms with E-state index >= 15 is 0 Å². The fourth-order valence-electron chi connectivity index (χ4n) is 7.20. The van der Waals surface area contributed by atoms with Gasteiger partial charge in [0.15, 0.2) is 0 Å². The average Bonchev–Trinajstić information content (AvgIpc) is 3.78. The lowest BCUT2D eigenvalue weighted by Gasteiger charge is -2.10. The van der Waals surface area contributed by atoms with Gasteiger partial charge in [0.2, 0.25) is 0 Å². The minimum atomic E-state index is 0.922. The van der Waals surface area contributed by atoms with E-state index in [4.69, 9.17) is 9.97 Å². The van der Waals surface area contributed by atoms with E-state index in [2.05, 4.69) is 135 Å². The number of nitrogens with zero attached hydrogens (tertiary/aromatic N) is 5. The van der Waals surface area contributed by atoms with E-state index in [0.717, 1.165) is 44.3 Å². The van der Waals surface area contributed by atoms with Crippen LogP contribution in [-0.4, -0.2) is 23.5 Å². The first kappa shape index (κ1) is 22.7. The van der Waals surface area contributed by atoms with Crippen molar-refractivity contribution >= 4 is 71.1 Å². The molecule has 5 nitrogen and oxygen atoms in total. The third-order valence-electron chi connectivity index (χ3n) is 8.91. The largest absolute Gasteiger partial charge is 0.309 e.